The molecule has 2 aromatic carbocycles. The van der Waals surface area contributed by atoms with Crippen molar-refractivity contribution in [3.63, 3.8) is 0 Å². The summed E-state index contributed by atoms with van der Waals surface area (Å²) < 4.78 is 1.23. The second-order valence-electron chi connectivity index (χ2n) is 4.18. The summed E-state index contributed by atoms with van der Waals surface area (Å²) in [5.41, 5.74) is 3.80. The molecule has 0 aromatic heterocycles. The summed E-state index contributed by atoms with van der Waals surface area (Å²) in [6.07, 6.45) is 0.878. The molecular weight excluding hydrogens is 343 g/mol. The van der Waals surface area contributed by atoms with Gasteiger partial charge in [-0.2, -0.15) is 0 Å². The molecule has 2 aromatic rings. The lowest BCUT2D eigenvalue weighted by Gasteiger charge is -2.12. The Kier molecular flexibility index (Phi) is 4.46. The molecule has 88 valence electrons. The average molecular weight is 357 g/mol. The maximum Gasteiger partial charge on any atom is 0.0635 e. The third-order valence-electron chi connectivity index (χ3n) is 2.74. The van der Waals surface area contributed by atoms with Gasteiger partial charge in [0, 0.05) is 3.57 Å². The first-order valence-electron chi connectivity index (χ1n) is 5.61. The highest BCUT2D eigenvalue weighted by molar-refractivity contribution is 14.1. The summed E-state index contributed by atoms with van der Waals surface area (Å²) >= 11 is 8.83. The van der Waals surface area contributed by atoms with Crippen LogP contribution >= 0.6 is 34.2 Å². The number of benzene rings is 2. The fourth-order valence-corrected chi connectivity index (χ4v) is 3.20. The van der Waals surface area contributed by atoms with E-state index in [1.807, 2.05) is 12.1 Å². The van der Waals surface area contributed by atoms with E-state index in [0.29, 0.717) is 0 Å². The summed E-state index contributed by atoms with van der Waals surface area (Å²) in [4.78, 5) is 0. The molecule has 0 aliphatic heterocycles. The van der Waals surface area contributed by atoms with Crippen molar-refractivity contribution in [2.24, 2.45) is 0 Å². The first-order valence-corrected chi connectivity index (χ1v) is 7.12. The number of halogens is 2. The molecule has 0 fully saturated rings. The van der Waals surface area contributed by atoms with Crippen LogP contribution in [-0.2, 0) is 6.42 Å². The second-order valence-corrected chi connectivity index (χ2v) is 5.87. The van der Waals surface area contributed by atoms with Gasteiger partial charge < -0.3 is 0 Å². The van der Waals surface area contributed by atoms with Gasteiger partial charge in [-0.25, -0.2) is 0 Å². The standard InChI is InChI=1S/C15H14ClI/c1-11-5-4-6-12(9-11)10-14(16)13-7-2-3-8-15(13)17/h2-9,14H,10H2,1H3. The molecule has 0 nitrogen and oxygen atoms in total. The van der Waals surface area contributed by atoms with E-state index in [1.165, 1.54) is 20.3 Å². The van der Waals surface area contributed by atoms with E-state index in [2.05, 4.69) is 65.9 Å². The van der Waals surface area contributed by atoms with E-state index in [1.54, 1.807) is 0 Å². The van der Waals surface area contributed by atoms with Gasteiger partial charge in [-0.15, -0.1) is 11.6 Å². The smallest absolute Gasteiger partial charge is 0.0635 e. The third-order valence-corrected chi connectivity index (χ3v) is 4.11. The zero-order valence-electron chi connectivity index (χ0n) is 9.66. The van der Waals surface area contributed by atoms with Gasteiger partial charge in [0.2, 0.25) is 0 Å². The maximum atomic E-state index is 6.49. The Labute approximate surface area is 121 Å². The molecule has 1 unspecified atom stereocenters. The van der Waals surface area contributed by atoms with Crippen LogP contribution < -0.4 is 0 Å². The molecule has 17 heavy (non-hydrogen) atoms. The van der Waals surface area contributed by atoms with Crippen LogP contribution in [-0.4, -0.2) is 0 Å². The highest BCUT2D eigenvalue weighted by Gasteiger charge is 2.11. The predicted molar refractivity (Wildman–Crippen MR) is 82.6 cm³/mol. The minimum absolute atomic E-state index is 0.0462. The summed E-state index contributed by atoms with van der Waals surface area (Å²) in [6.45, 7) is 2.11. The highest BCUT2D eigenvalue weighted by Crippen LogP contribution is 2.28. The van der Waals surface area contributed by atoms with E-state index < -0.39 is 0 Å². The fourth-order valence-electron chi connectivity index (χ4n) is 1.89. The van der Waals surface area contributed by atoms with Crippen LogP contribution in [0.2, 0.25) is 0 Å². The molecule has 0 N–H and O–H groups in total. The van der Waals surface area contributed by atoms with Crippen molar-refractivity contribution in [2.75, 3.05) is 0 Å². The van der Waals surface area contributed by atoms with Gasteiger partial charge in [0.25, 0.3) is 0 Å². The van der Waals surface area contributed by atoms with Gasteiger partial charge in [0.05, 0.1) is 5.38 Å². The van der Waals surface area contributed by atoms with E-state index in [0.717, 1.165) is 6.42 Å². The molecule has 0 spiro atoms. The fraction of sp³-hybridized carbons (Fsp3) is 0.200. The third kappa shape index (κ3) is 3.46. The van der Waals surface area contributed by atoms with Crippen LogP contribution in [0.1, 0.15) is 22.1 Å². The Morgan fingerprint density at radius 3 is 2.59 bits per heavy atom. The van der Waals surface area contributed by atoms with Crippen molar-refractivity contribution >= 4 is 34.2 Å². The summed E-state index contributed by atoms with van der Waals surface area (Å²) in [5, 5.41) is 0.0462. The zero-order valence-corrected chi connectivity index (χ0v) is 12.6. The van der Waals surface area contributed by atoms with Gasteiger partial charge in [-0.1, -0.05) is 48.0 Å². The van der Waals surface area contributed by atoms with Gasteiger partial charge in [0.1, 0.15) is 0 Å². The monoisotopic (exact) mass is 356 g/mol. The molecule has 0 aliphatic rings. The molecule has 2 rings (SSSR count). The molecular formula is C15H14ClI. The number of hydrogen-bond donors (Lipinski definition) is 0. The SMILES string of the molecule is Cc1cccc(CC(Cl)c2ccccc2I)c1. The normalized spacial score (nSPS) is 12.4. The molecule has 0 bridgehead atoms. The van der Waals surface area contributed by atoms with Crippen LogP contribution in [0, 0.1) is 10.5 Å². The summed E-state index contributed by atoms with van der Waals surface area (Å²) in [7, 11) is 0. The Morgan fingerprint density at radius 2 is 1.88 bits per heavy atom. The Bertz CT molecular complexity index is 508. The van der Waals surface area contributed by atoms with E-state index in [9.17, 15) is 0 Å². The largest absolute Gasteiger partial charge is 0.117 e. The van der Waals surface area contributed by atoms with Crippen molar-refractivity contribution in [2.45, 2.75) is 18.7 Å². The van der Waals surface area contributed by atoms with Crippen LogP contribution in [0.5, 0.6) is 0 Å². The quantitative estimate of drug-likeness (QED) is 0.529. The molecule has 1 atom stereocenters. The van der Waals surface area contributed by atoms with Crippen molar-refractivity contribution in [3.8, 4) is 0 Å². The van der Waals surface area contributed by atoms with Gasteiger partial charge in [0.15, 0.2) is 0 Å². The van der Waals surface area contributed by atoms with E-state index in [4.69, 9.17) is 11.6 Å². The number of aryl methyl sites for hydroxylation is 1. The van der Waals surface area contributed by atoms with Crippen molar-refractivity contribution in [3.05, 3.63) is 68.8 Å². The molecule has 0 amide bonds. The first kappa shape index (κ1) is 12.9. The van der Waals surface area contributed by atoms with Crippen molar-refractivity contribution in [1.29, 1.82) is 0 Å². The Hall–Kier alpha value is -0.540. The molecule has 0 saturated heterocycles. The lowest BCUT2D eigenvalue weighted by Crippen LogP contribution is -1.98. The molecule has 0 heterocycles. The van der Waals surface area contributed by atoms with E-state index in [-0.39, 0.29) is 5.38 Å². The Balaban J connectivity index is 2.17. The van der Waals surface area contributed by atoms with E-state index >= 15 is 0 Å². The van der Waals surface area contributed by atoms with Crippen molar-refractivity contribution < 1.29 is 0 Å². The average Bonchev–Trinajstić information content (AvgIpc) is 2.29. The lowest BCUT2D eigenvalue weighted by atomic mass is 10.0. The number of alkyl halides is 1. The second kappa shape index (κ2) is 5.87. The Morgan fingerprint density at radius 1 is 1.12 bits per heavy atom. The van der Waals surface area contributed by atoms with Gasteiger partial charge in [-0.3, -0.25) is 0 Å². The minimum Gasteiger partial charge on any atom is -0.117 e. The number of rotatable bonds is 3. The maximum absolute atomic E-state index is 6.49. The van der Waals surface area contributed by atoms with Gasteiger partial charge in [-0.05, 0) is 53.1 Å². The molecule has 2 heteroatoms. The number of hydrogen-bond acceptors (Lipinski definition) is 0. The van der Waals surface area contributed by atoms with Crippen LogP contribution in [0.3, 0.4) is 0 Å². The summed E-state index contributed by atoms with van der Waals surface area (Å²) in [5.74, 6) is 0. The van der Waals surface area contributed by atoms with Crippen molar-refractivity contribution in [1.82, 2.24) is 0 Å². The lowest BCUT2D eigenvalue weighted by molar-refractivity contribution is 0.912. The molecule has 0 aliphatic carbocycles. The highest BCUT2D eigenvalue weighted by atomic mass is 127. The van der Waals surface area contributed by atoms with Crippen LogP contribution in [0.25, 0.3) is 0 Å². The minimum atomic E-state index is 0.0462. The summed E-state index contributed by atoms with van der Waals surface area (Å²) in [6, 6.07) is 16.8. The first-order chi connectivity index (χ1) is 8.16. The zero-order chi connectivity index (χ0) is 12.3. The topological polar surface area (TPSA) is 0 Å². The van der Waals surface area contributed by atoms with Gasteiger partial charge >= 0.3 is 0 Å². The predicted octanol–water partition coefficient (Wildman–Crippen LogP) is 5.12. The molecule has 0 radical (unpaired) electrons. The van der Waals surface area contributed by atoms with Crippen LogP contribution in [0.4, 0.5) is 0 Å². The van der Waals surface area contributed by atoms with Crippen LogP contribution in [0.15, 0.2) is 48.5 Å². The molecule has 0 saturated carbocycles.